The predicted molar refractivity (Wildman–Crippen MR) is 89.1 cm³/mol. The number of aryl methyl sites for hydroxylation is 1. The molecule has 0 aromatic carbocycles. The van der Waals surface area contributed by atoms with Gasteiger partial charge in [0.1, 0.15) is 5.69 Å². The first kappa shape index (κ1) is 16.3. The Labute approximate surface area is 140 Å². The standard InChI is InChI=1S/C17H21N5O2/c1-10-6-15(22-17(18)20-10)16(24)21-14(11-7-13(23)8-11)9-12-4-2-3-5-19-12/h2-6,11,13-14,23H,7-9H2,1H3,(H,21,24)(H2,18,20,22)/t11?,13?,14-/m0/s1. The quantitative estimate of drug-likeness (QED) is 0.751. The molecule has 1 amide bonds. The fraction of sp³-hybridized carbons (Fsp3) is 0.412. The highest BCUT2D eigenvalue weighted by Crippen LogP contribution is 2.31. The number of nitrogens with two attached hydrogens (primary N) is 1. The van der Waals surface area contributed by atoms with Crippen LogP contribution in [-0.2, 0) is 6.42 Å². The van der Waals surface area contributed by atoms with Gasteiger partial charge in [0.05, 0.1) is 6.10 Å². The van der Waals surface area contributed by atoms with Crippen LogP contribution in [-0.4, -0.2) is 38.1 Å². The summed E-state index contributed by atoms with van der Waals surface area (Å²) in [5.74, 6) is 0.0289. The van der Waals surface area contributed by atoms with Crippen LogP contribution in [0, 0.1) is 12.8 Å². The zero-order valence-corrected chi connectivity index (χ0v) is 13.5. The minimum absolute atomic E-state index is 0.0838. The molecule has 126 valence electrons. The van der Waals surface area contributed by atoms with Crippen molar-refractivity contribution in [1.29, 1.82) is 0 Å². The molecule has 1 aliphatic carbocycles. The Bertz CT molecular complexity index is 696. The van der Waals surface area contributed by atoms with E-state index in [1.54, 1.807) is 19.2 Å². The van der Waals surface area contributed by atoms with E-state index in [1.165, 1.54) is 0 Å². The Morgan fingerprint density at radius 1 is 1.42 bits per heavy atom. The second-order valence-electron chi connectivity index (χ2n) is 6.24. The van der Waals surface area contributed by atoms with Crippen LogP contribution in [0.1, 0.15) is 34.7 Å². The molecule has 1 atom stereocenters. The topological polar surface area (TPSA) is 114 Å². The lowest BCUT2D eigenvalue weighted by atomic mass is 9.76. The van der Waals surface area contributed by atoms with E-state index < -0.39 is 0 Å². The van der Waals surface area contributed by atoms with Crippen molar-refractivity contribution in [3.05, 3.63) is 47.5 Å². The summed E-state index contributed by atoms with van der Waals surface area (Å²) in [6.45, 7) is 1.77. The molecule has 0 unspecified atom stereocenters. The van der Waals surface area contributed by atoms with Crippen LogP contribution in [0.5, 0.6) is 0 Å². The molecule has 7 nitrogen and oxygen atoms in total. The highest BCUT2D eigenvalue weighted by molar-refractivity contribution is 5.92. The SMILES string of the molecule is Cc1cc(C(=O)N[C@@H](Cc2ccccn2)C2CC(O)C2)nc(N)n1. The number of rotatable bonds is 5. The molecule has 4 N–H and O–H groups in total. The average Bonchev–Trinajstić information content (AvgIpc) is 2.51. The molecule has 24 heavy (non-hydrogen) atoms. The number of carbonyl (C=O) groups is 1. The lowest BCUT2D eigenvalue weighted by Crippen LogP contribution is -2.48. The van der Waals surface area contributed by atoms with E-state index in [1.807, 2.05) is 18.2 Å². The molecule has 2 aromatic rings. The molecule has 7 heteroatoms. The summed E-state index contributed by atoms with van der Waals surface area (Å²) >= 11 is 0. The first-order valence-corrected chi connectivity index (χ1v) is 8.01. The number of hydrogen-bond acceptors (Lipinski definition) is 6. The second-order valence-corrected chi connectivity index (χ2v) is 6.24. The lowest BCUT2D eigenvalue weighted by Gasteiger charge is -2.38. The van der Waals surface area contributed by atoms with Crippen LogP contribution in [0.3, 0.4) is 0 Å². The number of aromatic nitrogens is 3. The number of pyridine rings is 1. The van der Waals surface area contributed by atoms with Crippen LogP contribution < -0.4 is 11.1 Å². The summed E-state index contributed by atoms with van der Waals surface area (Å²) in [6.07, 6.45) is 3.43. The van der Waals surface area contributed by atoms with Crippen LogP contribution >= 0.6 is 0 Å². The summed E-state index contributed by atoms with van der Waals surface area (Å²) in [4.78, 5) is 24.8. The molecule has 0 radical (unpaired) electrons. The minimum atomic E-state index is -0.283. The summed E-state index contributed by atoms with van der Waals surface area (Å²) in [7, 11) is 0. The van der Waals surface area contributed by atoms with Crippen LogP contribution in [0.4, 0.5) is 5.95 Å². The van der Waals surface area contributed by atoms with Gasteiger partial charge in [0, 0.05) is 30.0 Å². The van der Waals surface area contributed by atoms with Gasteiger partial charge in [0.2, 0.25) is 5.95 Å². The molecule has 1 aliphatic rings. The lowest BCUT2D eigenvalue weighted by molar-refractivity contribution is 0.0237. The Balaban J connectivity index is 1.74. The van der Waals surface area contributed by atoms with Crippen molar-refractivity contribution in [2.24, 2.45) is 5.92 Å². The number of nitrogens with one attached hydrogen (secondary N) is 1. The monoisotopic (exact) mass is 327 g/mol. The van der Waals surface area contributed by atoms with E-state index >= 15 is 0 Å². The van der Waals surface area contributed by atoms with Crippen molar-refractivity contribution in [2.75, 3.05) is 5.73 Å². The number of carbonyl (C=O) groups excluding carboxylic acids is 1. The average molecular weight is 327 g/mol. The van der Waals surface area contributed by atoms with Crippen molar-refractivity contribution in [3.63, 3.8) is 0 Å². The van der Waals surface area contributed by atoms with Gasteiger partial charge in [-0.3, -0.25) is 9.78 Å². The van der Waals surface area contributed by atoms with Gasteiger partial charge in [-0.15, -0.1) is 0 Å². The van der Waals surface area contributed by atoms with Crippen molar-refractivity contribution in [3.8, 4) is 0 Å². The van der Waals surface area contributed by atoms with E-state index in [-0.39, 0.29) is 35.6 Å². The second kappa shape index (κ2) is 6.92. The molecule has 0 spiro atoms. The number of nitrogen functional groups attached to an aromatic ring is 1. The molecular formula is C17H21N5O2. The molecule has 1 saturated carbocycles. The highest BCUT2D eigenvalue weighted by atomic mass is 16.3. The molecule has 0 saturated heterocycles. The maximum absolute atomic E-state index is 12.5. The Kier molecular flexibility index (Phi) is 4.71. The summed E-state index contributed by atoms with van der Waals surface area (Å²) in [5.41, 5.74) is 7.43. The molecule has 2 heterocycles. The Morgan fingerprint density at radius 3 is 2.83 bits per heavy atom. The third-order valence-corrected chi connectivity index (χ3v) is 4.29. The van der Waals surface area contributed by atoms with Crippen LogP contribution in [0.2, 0.25) is 0 Å². The van der Waals surface area contributed by atoms with E-state index in [9.17, 15) is 9.90 Å². The van der Waals surface area contributed by atoms with Gasteiger partial charge < -0.3 is 16.2 Å². The van der Waals surface area contributed by atoms with Gasteiger partial charge in [-0.2, -0.15) is 0 Å². The zero-order chi connectivity index (χ0) is 17.1. The van der Waals surface area contributed by atoms with Crippen molar-refractivity contribution < 1.29 is 9.90 Å². The number of amides is 1. The highest BCUT2D eigenvalue weighted by Gasteiger charge is 2.35. The van der Waals surface area contributed by atoms with Crippen LogP contribution in [0.25, 0.3) is 0 Å². The van der Waals surface area contributed by atoms with Gasteiger partial charge in [0.25, 0.3) is 5.91 Å². The minimum Gasteiger partial charge on any atom is -0.393 e. The van der Waals surface area contributed by atoms with E-state index in [0.29, 0.717) is 25.0 Å². The Hall–Kier alpha value is -2.54. The van der Waals surface area contributed by atoms with Gasteiger partial charge in [-0.05, 0) is 43.9 Å². The first-order valence-electron chi connectivity index (χ1n) is 8.01. The van der Waals surface area contributed by atoms with Crippen molar-refractivity contribution >= 4 is 11.9 Å². The normalized spacial score (nSPS) is 20.9. The smallest absolute Gasteiger partial charge is 0.270 e. The van der Waals surface area contributed by atoms with Crippen LogP contribution in [0.15, 0.2) is 30.5 Å². The number of aliphatic hydroxyl groups excluding tert-OH is 1. The van der Waals surface area contributed by atoms with Crippen molar-refractivity contribution in [1.82, 2.24) is 20.3 Å². The fourth-order valence-corrected chi connectivity index (χ4v) is 2.99. The molecule has 2 aromatic heterocycles. The number of nitrogens with zero attached hydrogens (tertiary/aromatic N) is 3. The third kappa shape index (κ3) is 3.86. The zero-order valence-electron chi connectivity index (χ0n) is 13.5. The van der Waals surface area contributed by atoms with Gasteiger partial charge in [-0.25, -0.2) is 9.97 Å². The van der Waals surface area contributed by atoms with E-state index in [0.717, 1.165) is 5.69 Å². The predicted octanol–water partition coefficient (Wildman–Crippen LogP) is 0.874. The molecule has 0 bridgehead atoms. The number of hydrogen-bond donors (Lipinski definition) is 3. The Morgan fingerprint density at radius 2 is 2.21 bits per heavy atom. The summed E-state index contributed by atoms with van der Waals surface area (Å²) in [5, 5.41) is 12.6. The van der Waals surface area contributed by atoms with E-state index in [2.05, 4.69) is 20.3 Å². The molecule has 1 fully saturated rings. The summed E-state index contributed by atoms with van der Waals surface area (Å²) in [6, 6.07) is 7.22. The van der Waals surface area contributed by atoms with E-state index in [4.69, 9.17) is 5.73 Å². The van der Waals surface area contributed by atoms with Gasteiger partial charge >= 0.3 is 0 Å². The maximum Gasteiger partial charge on any atom is 0.270 e. The molecular weight excluding hydrogens is 306 g/mol. The fourth-order valence-electron chi connectivity index (χ4n) is 2.99. The first-order chi connectivity index (χ1) is 11.5. The van der Waals surface area contributed by atoms with Gasteiger partial charge in [-0.1, -0.05) is 6.07 Å². The van der Waals surface area contributed by atoms with Crippen molar-refractivity contribution in [2.45, 2.75) is 38.3 Å². The maximum atomic E-state index is 12.5. The largest absolute Gasteiger partial charge is 0.393 e. The number of aliphatic hydroxyl groups is 1. The van der Waals surface area contributed by atoms with Gasteiger partial charge in [0.15, 0.2) is 0 Å². The summed E-state index contributed by atoms with van der Waals surface area (Å²) < 4.78 is 0. The molecule has 0 aliphatic heterocycles. The third-order valence-electron chi connectivity index (χ3n) is 4.29. The molecule has 3 rings (SSSR count). The number of anilines is 1.